The average molecular weight is 810 g/mol. The summed E-state index contributed by atoms with van der Waals surface area (Å²) in [6.07, 6.45) is 2.20. The van der Waals surface area contributed by atoms with Crippen molar-refractivity contribution in [3.05, 3.63) is 172 Å². The predicted molar refractivity (Wildman–Crippen MR) is 267 cm³/mol. The van der Waals surface area contributed by atoms with Crippen LogP contribution in [-0.4, -0.2) is 6.71 Å². The number of rotatable bonds is 3. The highest BCUT2D eigenvalue weighted by molar-refractivity contribution is 7.00. The minimum Gasteiger partial charge on any atom is -0.311 e. The molecule has 3 heteroatoms. The second-order valence-corrected chi connectivity index (χ2v) is 21.5. The number of aryl methyl sites for hydroxylation is 2. The fraction of sp³-hybridized carbons (Fsp3) is 0.288. The molecule has 4 aliphatic rings. The summed E-state index contributed by atoms with van der Waals surface area (Å²) in [5.41, 5.74) is 22.4. The maximum Gasteiger partial charge on any atom is 0.252 e. The highest BCUT2D eigenvalue weighted by Gasteiger charge is 2.48. The molecule has 0 bridgehead atoms. The molecule has 0 atom stereocenters. The molecule has 0 radical (unpaired) electrons. The van der Waals surface area contributed by atoms with Gasteiger partial charge in [0.1, 0.15) is 0 Å². The van der Waals surface area contributed by atoms with Gasteiger partial charge >= 0.3 is 0 Å². The largest absolute Gasteiger partial charge is 0.311 e. The van der Waals surface area contributed by atoms with E-state index in [1.54, 1.807) is 0 Å². The summed E-state index contributed by atoms with van der Waals surface area (Å²) < 4.78 is 27.3. The fourth-order valence-electron chi connectivity index (χ4n) is 11.7. The third-order valence-corrected chi connectivity index (χ3v) is 15.3. The summed E-state index contributed by atoms with van der Waals surface area (Å²) in [5, 5.41) is 0. The number of hydrogen-bond acceptors (Lipinski definition) is 2. The van der Waals surface area contributed by atoms with Crippen molar-refractivity contribution in [2.24, 2.45) is 0 Å². The highest BCUT2D eigenvalue weighted by Crippen LogP contribution is 2.56. The van der Waals surface area contributed by atoms with Crippen LogP contribution in [-0.2, 0) is 21.7 Å². The van der Waals surface area contributed by atoms with Crippen molar-refractivity contribution in [1.29, 1.82) is 0 Å². The lowest BCUT2D eigenvalue weighted by Crippen LogP contribution is -2.62. The highest BCUT2D eigenvalue weighted by atomic mass is 15.2. The van der Waals surface area contributed by atoms with Crippen LogP contribution in [0.15, 0.2) is 133 Å². The molecule has 0 fully saturated rings. The minimum atomic E-state index is -2.36. The Morgan fingerprint density at radius 1 is 0.532 bits per heavy atom. The maximum atomic E-state index is 9.11. The van der Waals surface area contributed by atoms with E-state index in [1.807, 2.05) is 12.1 Å². The number of nitrogens with zero attached hydrogens (tertiary/aromatic N) is 2. The zero-order valence-electron chi connectivity index (χ0n) is 41.1. The van der Waals surface area contributed by atoms with Gasteiger partial charge in [-0.2, -0.15) is 0 Å². The van der Waals surface area contributed by atoms with E-state index in [9.17, 15) is 0 Å². The van der Waals surface area contributed by atoms with Gasteiger partial charge in [-0.25, -0.2) is 0 Å². The first kappa shape index (κ1) is 35.8. The topological polar surface area (TPSA) is 6.48 Å². The van der Waals surface area contributed by atoms with Gasteiger partial charge in [0.25, 0.3) is 6.71 Å². The Morgan fingerprint density at radius 3 is 1.85 bits per heavy atom. The van der Waals surface area contributed by atoms with Crippen LogP contribution in [0.5, 0.6) is 0 Å². The Balaban J connectivity index is 1.30. The summed E-state index contributed by atoms with van der Waals surface area (Å²) in [6, 6.07) is 49.3. The number of fused-ring (bicyclic) bond motifs is 8. The second-order valence-electron chi connectivity index (χ2n) is 21.5. The minimum absolute atomic E-state index is 0.0244. The van der Waals surface area contributed by atoms with Gasteiger partial charge in [-0.05, 0) is 151 Å². The lowest BCUT2D eigenvalue weighted by atomic mass is 9.33. The van der Waals surface area contributed by atoms with Gasteiger partial charge in [0, 0.05) is 43.5 Å². The van der Waals surface area contributed by atoms with Gasteiger partial charge in [-0.1, -0.05) is 159 Å². The SMILES string of the molecule is [2H]C([2H])([2H])c1cc2c3c(c1)N(c1cccc4c1-c1ccccc1C4(C)C)c1ccc(-c4ccccc4)cc1B3c1cc3c(cc1N2c1ccc(C(C)(C)C)cc1C)C(C)(C)CCC3(C)C. The first-order valence-corrected chi connectivity index (χ1v) is 22.7. The second kappa shape index (κ2) is 13.1. The molecule has 11 rings (SSSR count). The smallest absolute Gasteiger partial charge is 0.252 e. The molecular weight excluding hydrogens is 747 g/mol. The van der Waals surface area contributed by atoms with Crippen LogP contribution in [0, 0.1) is 13.8 Å². The van der Waals surface area contributed by atoms with Crippen molar-refractivity contribution in [3.8, 4) is 22.3 Å². The summed E-state index contributed by atoms with van der Waals surface area (Å²) in [6.45, 7) is 20.8. The number of benzene rings is 7. The van der Waals surface area contributed by atoms with Gasteiger partial charge in [0.05, 0.1) is 5.69 Å². The van der Waals surface area contributed by atoms with Gasteiger partial charge < -0.3 is 9.80 Å². The van der Waals surface area contributed by atoms with Crippen molar-refractivity contribution >= 4 is 57.2 Å². The Hall–Kier alpha value is -5.80. The molecule has 7 aromatic rings. The predicted octanol–water partition coefficient (Wildman–Crippen LogP) is 14.0. The molecule has 0 amide bonds. The Bertz CT molecular complexity index is 3130. The van der Waals surface area contributed by atoms with Gasteiger partial charge in [0.2, 0.25) is 0 Å². The molecule has 0 N–H and O–H groups in total. The number of anilines is 6. The molecule has 62 heavy (non-hydrogen) atoms. The van der Waals surface area contributed by atoms with Crippen LogP contribution in [0.4, 0.5) is 34.1 Å². The molecule has 2 nitrogen and oxygen atoms in total. The van der Waals surface area contributed by atoms with Crippen LogP contribution in [0.3, 0.4) is 0 Å². The maximum absolute atomic E-state index is 9.11. The normalized spacial score (nSPS) is 18.0. The Labute approximate surface area is 375 Å². The van der Waals surface area contributed by atoms with Crippen LogP contribution < -0.4 is 26.2 Å². The van der Waals surface area contributed by atoms with Crippen molar-refractivity contribution in [1.82, 2.24) is 0 Å². The molecule has 2 aliphatic heterocycles. The van der Waals surface area contributed by atoms with Crippen molar-refractivity contribution < 1.29 is 4.11 Å². The first-order chi connectivity index (χ1) is 30.7. The lowest BCUT2D eigenvalue weighted by Gasteiger charge is -2.48. The molecule has 0 spiro atoms. The quantitative estimate of drug-likeness (QED) is 0.164. The van der Waals surface area contributed by atoms with E-state index in [0.29, 0.717) is 5.56 Å². The van der Waals surface area contributed by atoms with Gasteiger partial charge in [-0.15, -0.1) is 0 Å². The molecule has 0 unspecified atom stereocenters. The van der Waals surface area contributed by atoms with E-state index in [2.05, 4.69) is 200 Å². The molecular formula is C59H59BN2. The standard InChI is InChI=1S/C59H59BN2/c1-36-30-52-55-53(31-36)62(50-23-17-22-43-54(50)41-20-15-16-21-42(41)59(43,10)11)49-26-24-39(38-18-13-12-14-19-38)33-46(49)60(55)47-34-44-45(58(8,9)29-28-57(44,6)7)35-51(47)61(52)48-27-25-40(32-37(48)2)56(3,4)5/h12-27,30-35H,28-29H2,1-11H3/i1D3. The van der Waals surface area contributed by atoms with E-state index in [-0.39, 0.29) is 28.4 Å². The fourth-order valence-corrected chi connectivity index (χ4v) is 11.7. The molecule has 0 aromatic heterocycles. The average Bonchev–Trinajstić information content (AvgIpc) is 3.50. The van der Waals surface area contributed by atoms with E-state index >= 15 is 0 Å². The van der Waals surface area contributed by atoms with E-state index in [1.165, 1.54) is 55.4 Å². The van der Waals surface area contributed by atoms with Crippen LogP contribution in [0.25, 0.3) is 22.3 Å². The number of hydrogen-bond donors (Lipinski definition) is 0. The van der Waals surface area contributed by atoms with E-state index in [4.69, 9.17) is 4.11 Å². The third-order valence-electron chi connectivity index (χ3n) is 15.3. The molecule has 7 aromatic carbocycles. The molecule has 308 valence electrons. The van der Waals surface area contributed by atoms with Gasteiger partial charge in [-0.3, -0.25) is 0 Å². The van der Waals surface area contributed by atoms with E-state index < -0.39 is 6.85 Å². The van der Waals surface area contributed by atoms with Crippen LogP contribution in [0.2, 0.25) is 0 Å². The third kappa shape index (κ3) is 5.55. The summed E-state index contributed by atoms with van der Waals surface area (Å²) >= 11 is 0. The van der Waals surface area contributed by atoms with Gasteiger partial charge in [0.15, 0.2) is 0 Å². The van der Waals surface area contributed by atoms with Crippen molar-refractivity contribution in [2.75, 3.05) is 9.80 Å². The molecule has 0 saturated carbocycles. The Morgan fingerprint density at radius 2 is 1.16 bits per heavy atom. The van der Waals surface area contributed by atoms with Crippen molar-refractivity contribution in [3.63, 3.8) is 0 Å². The van der Waals surface area contributed by atoms with E-state index in [0.717, 1.165) is 63.6 Å². The van der Waals surface area contributed by atoms with Crippen LogP contribution in [0.1, 0.15) is 118 Å². The van der Waals surface area contributed by atoms with Crippen molar-refractivity contribution in [2.45, 2.75) is 111 Å². The zero-order valence-corrected chi connectivity index (χ0v) is 38.1. The molecule has 2 aliphatic carbocycles. The first-order valence-electron chi connectivity index (χ1n) is 24.2. The zero-order chi connectivity index (χ0) is 45.7. The van der Waals surface area contributed by atoms with Crippen LogP contribution >= 0.6 is 0 Å². The Kier molecular flexibility index (Phi) is 7.57. The molecule has 0 saturated heterocycles. The monoisotopic (exact) mass is 809 g/mol. The molecule has 2 heterocycles. The lowest BCUT2D eigenvalue weighted by molar-refractivity contribution is 0.332. The summed E-state index contributed by atoms with van der Waals surface area (Å²) in [7, 11) is 0. The summed E-state index contributed by atoms with van der Waals surface area (Å²) in [4.78, 5) is 4.87. The summed E-state index contributed by atoms with van der Waals surface area (Å²) in [5.74, 6) is 0.